The SMILES string of the molecule is NC1CC2CCC(C1)N2c1ccc2ncsc2c1. The number of benzene rings is 1. The maximum Gasteiger partial charge on any atom is 0.0813 e. The Bertz CT molecular complexity index is 565. The van der Waals surface area contributed by atoms with Crippen molar-refractivity contribution < 1.29 is 0 Å². The summed E-state index contributed by atoms with van der Waals surface area (Å²) >= 11 is 1.73. The smallest absolute Gasteiger partial charge is 0.0813 e. The first-order chi connectivity index (χ1) is 8.81. The molecule has 2 aliphatic heterocycles. The molecule has 18 heavy (non-hydrogen) atoms. The summed E-state index contributed by atoms with van der Waals surface area (Å²) in [7, 11) is 0. The van der Waals surface area contributed by atoms with Gasteiger partial charge >= 0.3 is 0 Å². The van der Waals surface area contributed by atoms with Crippen LogP contribution in [0.25, 0.3) is 10.2 Å². The topological polar surface area (TPSA) is 42.1 Å². The molecule has 2 aromatic rings. The van der Waals surface area contributed by atoms with E-state index in [1.165, 1.54) is 23.2 Å². The van der Waals surface area contributed by atoms with Crippen molar-refractivity contribution in [1.29, 1.82) is 0 Å². The molecule has 2 aliphatic rings. The summed E-state index contributed by atoms with van der Waals surface area (Å²) in [5.74, 6) is 0. The second-order valence-electron chi connectivity index (χ2n) is 5.53. The quantitative estimate of drug-likeness (QED) is 0.856. The predicted molar refractivity (Wildman–Crippen MR) is 76.1 cm³/mol. The Labute approximate surface area is 111 Å². The van der Waals surface area contributed by atoms with Crippen LogP contribution in [0.3, 0.4) is 0 Å². The number of hydrogen-bond donors (Lipinski definition) is 1. The highest BCUT2D eigenvalue weighted by Crippen LogP contribution is 2.39. The lowest BCUT2D eigenvalue weighted by Gasteiger charge is -2.39. The van der Waals surface area contributed by atoms with Crippen LogP contribution in [0.4, 0.5) is 5.69 Å². The predicted octanol–water partition coefficient (Wildman–Crippen LogP) is 2.75. The highest BCUT2D eigenvalue weighted by molar-refractivity contribution is 7.16. The van der Waals surface area contributed by atoms with E-state index in [1.54, 1.807) is 11.3 Å². The first kappa shape index (κ1) is 10.8. The van der Waals surface area contributed by atoms with Gasteiger partial charge in [0.2, 0.25) is 0 Å². The summed E-state index contributed by atoms with van der Waals surface area (Å²) in [5, 5.41) is 0. The summed E-state index contributed by atoms with van der Waals surface area (Å²) in [6.07, 6.45) is 4.91. The van der Waals surface area contributed by atoms with Crippen molar-refractivity contribution in [2.45, 2.75) is 43.8 Å². The minimum absolute atomic E-state index is 0.408. The van der Waals surface area contributed by atoms with Crippen LogP contribution >= 0.6 is 11.3 Å². The van der Waals surface area contributed by atoms with E-state index < -0.39 is 0 Å². The van der Waals surface area contributed by atoms with Crippen LogP contribution in [0.2, 0.25) is 0 Å². The first-order valence-electron chi connectivity index (χ1n) is 6.68. The maximum absolute atomic E-state index is 6.14. The van der Waals surface area contributed by atoms with Crippen LogP contribution in [-0.2, 0) is 0 Å². The number of aromatic nitrogens is 1. The van der Waals surface area contributed by atoms with Crippen molar-refractivity contribution in [1.82, 2.24) is 4.98 Å². The summed E-state index contributed by atoms with van der Waals surface area (Å²) in [6, 6.07) is 8.40. The molecular weight excluding hydrogens is 242 g/mol. The van der Waals surface area contributed by atoms with Crippen molar-refractivity contribution in [3.63, 3.8) is 0 Å². The van der Waals surface area contributed by atoms with Gasteiger partial charge in [0.25, 0.3) is 0 Å². The molecular formula is C14H17N3S. The van der Waals surface area contributed by atoms with Crippen LogP contribution in [-0.4, -0.2) is 23.1 Å². The Kier molecular flexibility index (Phi) is 2.35. The molecule has 2 unspecified atom stereocenters. The van der Waals surface area contributed by atoms with Gasteiger partial charge in [0.1, 0.15) is 0 Å². The lowest BCUT2D eigenvalue weighted by Crippen LogP contribution is -2.47. The number of piperidine rings is 1. The zero-order chi connectivity index (χ0) is 12.1. The lowest BCUT2D eigenvalue weighted by molar-refractivity contribution is 0.415. The number of nitrogens with two attached hydrogens (primary N) is 1. The molecule has 2 saturated heterocycles. The molecule has 3 heterocycles. The Hall–Kier alpha value is -1.13. The fourth-order valence-corrected chi connectivity index (χ4v) is 4.36. The molecule has 2 N–H and O–H groups in total. The van der Waals surface area contributed by atoms with Gasteiger partial charge in [-0.1, -0.05) is 0 Å². The fourth-order valence-electron chi connectivity index (χ4n) is 3.65. The average Bonchev–Trinajstić information content (AvgIpc) is 2.91. The summed E-state index contributed by atoms with van der Waals surface area (Å²) in [6.45, 7) is 0. The molecule has 1 aromatic carbocycles. The first-order valence-corrected chi connectivity index (χ1v) is 7.56. The van der Waals surface area contributed by atoms with Gasteiger partial charge in [-0.3, -0.25) is 0 Å². The van der Waals surface area contributed by atoms with Gasteiger partial charge < -0.3 is 10.6 Å². The van der Waals surface area contributed by atoms with E-state index in [0.29, 0.717) is 18.1 Å². The number of rotatable bonds is 1. The van der Waals surface area contributed by atoms with Crippen LogP contribution in [0, 0.1) is 0 Å². The normalized spacial score (nSPS) is 31.2. The van der Waals surface area contributed by atoms with E-state index in [0.717, 1.165) is 18.4 Å². The van der Waals surface area contributed by atoms with Crippen LogP contribution in [0.5, 0.6) is 0 Å². The van der Waals surface area contributed by atoms with Crippen LogP contribution in [0.1, 0.15) is 25.7 Å². The molecule has 0 amide bonds. The van der Waals surface area contributed by atoms with E-state index in [4.69, 9.17) is 5.73 Å². The molecule has 0 spiro atoms. The molecule has 1 aromatic heterocycles. The monoisotopic (exact) mass is 259 g/mol. The van der Waals surface area contributed by atoms with Crippen LogP contribution < -0.4 is 10.6 Å². The summed E-state index contributed by atoms with van der Waals surface area (Å²) in [5.41, 5.74) is 10.5. The van der Waals surface area contributed by atoms with Gasteiger partial charge in [-0.2, -0.15) is 0 Å². The molecule has 0 radical (unpaired) electrons. The zero-order valence-corrected chi connectivity index (χ0v) is 11.1. The Morgan fingerprint density at radius 1 is 1.22 bits per heavy atom. The van der Waals surface area contributed by atoms with E-state index in [-0.39, 0.29) is 0 Å². The number of fused-ring (bicyclic) bond motifs is 3. The largest absolute Gasteiger partial charge is 0.365 e. The highest BCUT2D eigenvalue weighted by atomic mass is 32.1. The minimum Gasteiger partial charge on any atom is -0.365 e. The van der Waals surface area contributed by atoms with Crippen molar-refractivity contribution in [2.24, 2.45) is 5.73 Å². The van der Waals surface area contributed by atoms with Gasteiger partial charge in [0, 0.05) is 23.8 Å². The number of anilines is 1. The Balaban J connectivity index is 1.74. The number of thiazole rings is 1. The molecule has 0 saturated carbocycles. The third-order valence-corrected chi connectivity index (χ3v) is 5.17. The molecule has 2 atom stereocenters. The van der Waals surface area contributed by atoms with Gasteiger partial charge in [-0.05, 0) is 43.9 Å². The zero-order valence-electron chi connectivity index (χ0n) is 10.2. The molecule has 4 rings (SSSR count). The van der Waals surface area contributed by atoms with Crippen molar-refractivity contribution in [3.05, 3.63) is 23.7 Å². The van der Waals surface area contributed by atoms with Crippen LogP contribution in [0.15, 0.2) is 23.7 Å². The molecule has 94 valence electrons. The number of nitrogens with zero attached hydrogens (tertiary/aromatic N) is 2. The molecule has 2 bridgehead atoms. The molecule has 0 aliphatic carbocycles. The van der Waals surface area contributed by atoms with E-state index in [2.05, 4.69) is 28.1 Å². The third-order valence-electron chi connectivity index (χ3n) is 4.38. The van der Waals surface area contributed by atoms with E-state index >= 15 is 0 Å². The van der Waals surface area contributed by atoms with Gasteiger partial charge in [-0.25, -0.2) is 4.98 Å². The Morgan fingerprint density at radius 2 is 2.00 bits per heavy atom. The average molecular weight is 259 g/mol. The summed E-state index contributed by atoms with van der Waals surface area (Å²) < 4.78 is 1.29. The summed E-state index contributed by atoms with van der Waals surface area (Å²) in [4.78, 5) is 6.96. The van der Waals surface area contributed by atoms with Gasteiger partial charge in [-0.15, -0.1) is 11.3 Å². The fraction of sp³-hybridized carbons (Fsp3) is 0.500. The maximum atomic E-state index is 6.14. The third kappa shape index (κ3) is 1.56. The lowest BCUT2D eigenvalue weighted by atomic mass is 9.97. The van der Waals surface area contributed by atoms with Gasteiger partial charge in [0.15, 0.2) is 0 Å². The number of hydrogen-bond acceptors (Lipinski definition) is 4. The molecule has 4 heteroatoms. The second kappa shape index (κ2) is 3.93. The standard InChI is InChI=1S/C14H17N3S/c15-9-5-10-1-2-11(6-9)17(10)12-3-4-13-14(7-12)18-8-16-13/h3-4,7-11H,1-2,5-6,15H2. The minimum atomic E-state index is 0.408. The van der Waals surface area contributed by atoms with Crippen molar-refractivity contribution in [2.75, 3.05) is 4.90 Å². The van der Waals surface area contributed by atoms with E-state index in [1.807, 2.05) is 5.51 Å². The van der Waals surface area contributed by atoms with Gasteiger partial charge in [0.05, 0.1) is 15.7 Å². The molecule has 2 fully saturated rings. The van der Waals surface area contributed by atoms with E-state index in [9.17, 15) is 0 Å². The second-order valence-corrected chi connectivity index (χ2v) is 6.41. The van der Waals surface area contributed by atoms with Crippen molar-refractivity contribution >= 4 is 27.2 Å². The molecule has 3 nitrogen and oxygen atoms in total. The van der Waals surface area contributed by atoms with Crippen molar-refractivity contribution in [3.8, 4) is 0 Å². The highest BCUT2D eigenvalue weighted by Gasteiger charge is 2.39. The Morgan fingerprint density at radius 3 is 2.78 bits per heavy atom.